The average Bonchev–Trinajstić information content (AvgIpc) is 2.91. The van der Waals surface area contributed by atoms with Gasteiger partial charge in [0.05, 0.1) is 22.4 Å². The van der Waals surface area contributed by atoms with Crippen LogP contribution in [0.1, 0.15) is 46.0 Å². The van der Waals surface area contributed by atoms with Crippen LogP contribution in [-0.2, 0) is 6.54 Å². The number of anilines is 1. The molecule has 1 amide bonds. The Balaban J connectivity index is 2.14. The molecule has 2 rings (SSSR count). The number of nitrogens with one attached hydrogen (secondary N) is 1. The van der Waals surface area contributed by atoms with Gasteiger partial charge in [0.25, 0.3) is 5.91 Å². The zero-order valence-corrected chi connectivity index (χ0v) is 12.9. The molecule has 20 heavy (non-hydrogen) atoms. The van der Waals surface area contributed by atoms with E-state index in [1.54, 1.807) is 22.2 Å². The number of thiazole rings is 1. The van der Waals surface area contributed by atoms with Gasteiger partial charge in [-0.05, 0) is 27.7 Å². The van der Waals surface area contributed by atoms with Crippen molar-refractivity contribution in [1.29, 1.82) is 0 Å². The van der Waals surface area contributed by atoms with E-state index in [0.29, 0.717) is 12.2 Å². The van der Waals surface area contributed by atoms with E-state index in [-0.39, 0.29) is 17.6 Å². The van der Waals surface area contributed by atoms with Crippen LogP contribution in [-0.4, -0.2) is 20.7 Å². The molecule has 0 spiro atoms. The van der Waals surface area contributed by atoms with Gasteiger partial charge in [-0.25, -0.2) is 4.98 Å². The lowest BCUT2D eigenvalue weighted by molar-refractivity contribution is 0.0935. The topological polar surface area (TPSA) is 85.8 Å². The van der Waals surface area contributed by atoms with Gasteiger partial charge in [0.15, 0.2) is 5.69 Å². The zero-order valence-electron chi connectivity index (χ0n) is 12.1. The summed E-state index contributed by atoms with van der Waals surface area (Å²) >= 11 is 1.59. The van der Waals surface area contributed by atoms with Crippen molar-refractivity contribution < 1.29 is 4.79 Å². The highest BCUT2D eigenvalue weighted by atomic mass is 32.1. The molecular formula is C13H19N5OS. The summed E-state index contributed by atoms with van der Waals surface area (Å²) in [7, 11) is 0. The van der Waals surface area contributed by atoms with E-state index in [1.165, 1.54) is 0 Å². The molecule has 1 unspecified atom stereocenters. The summed E-state index contributed by atoms with van der Waals surface area (Å²) < 4.78 is 1.65. The lowest BCUT2D eigenvalue weighted by atomic mass is 10.2. The molecule has 0 aromatic carbocycles. The summed E-state index contributed by atoms with van der Waals surface area (Å²) in [5.41, 5.74) is 7.44. The Hall–Kier alpha value is -1.89. The average molecular weight is 293 g/mol. The van der Waals surface area contributed by atoms with Gasteiger partial charge < -0.3 is 11.1 Å². The molecule has 0 aliphatic heterocycles. The minimum absolute atomic E-state index is 0.111. The van der Waals surface area contributed by atoms with Crippen LogP contribution in [0.2, 0.25) is 0 Å². The number of amides is 1. The summed E-state index contributed by atoms with van der Waals surface area (Å²) in [6.07, 6.45) is 1.67. The smallest absolute Gasteiger partial charge is 0.274 e. The molecule has 108 valence electrons. The summed E-state index contributed by atoms with van der Waals surface area (Å²) in [5.74, 6) is -0.257. The van der Waals surface area contributed by atoms with Crippen LogP contribution in [0.25, 0.3) is 0 Å². The molecule has 1 atom stereocenters. The first kappa shape index (κ1) is 14.5. The highest BCUT2D eigenvalue weighted by molar-refractivity contribution is 7.11. The Morgan fingerprint density at radius 3 is 2.75 bits per heavy atom. The number of aromatic nitrogens is 3. The van der Waals surface area contributed by atoms with Gasteiger partial charge in [-0.3, -0.25) is 9.48 Å². The van der Waals surface area contributed by atoms with E-state index >= 15 is 0 Å². The SMILES string of the molecule is CCn1cc(N)c(C(=O)NC(C)c2sc(C)nc2C)n1. The third-order valence-corrected chi connectivity index (χ3v) is 4.26. The largest absolute Gasteiger partial charge is 0.396 e. The molecule has 6 nitrogen and oxygen atoms in total. The maximum Gasteiger partial charge on any atom is 0.274 e. The Labute approximate surface area is 122 Å². The summed E-state index contributed by atoms with van der Waals surface area (Å²) in [4.78, 5) is 17.6. The maximum absolute atomic E-state index is 12.2. The molecule has 3 N–H and O–H groups in total. The van der Waals surface area contributed by atoms with Gasteiger partial charge >= 0.3 is 0 Å². The lowest BCUT2D eigenvalue weighted by Crippen LogP contribution is -2.27. The Bertz CT molecular complexity index is 631. The van der Waals surface area contributed by atoms with E-state index in [2.05, 4.69) is 15.4 Å². The fourth-order valence-electron chi connectivity index (χ4n) is 2.05. The van der Waals surface area contributed by atoms with E-state index in [4.69, 9.17) is 5.73 Å². The van der Waals surface area contributed by atoms with Crippen molar-refractivity contribution in [2.75, 3.05) is 5.73 Å². The van der Waals surface area contributed by atoms with Crippen molar-refractivity contribution in [3.05, 3.63) is 27.5 Å². The zero-order chi connectivity index (χ0) is 14.9. The van der Waals surface area contributed by atoms with Crippen LogP contribution >= 0.6 is 11.3 Å². The molecule has 0 fully saturated rings. The molecule has 7 heteroatoms. The van der Waals surface area contributed by atoms with Crippen molar-refractivity contribution in [3.63, 3.8) is 0 Å². The number of aryl methyl sites for hydroxylation is 3. The number of hydrogen-bond acceptors (Lipinski definition) is 5. The second-order valence-corrected chi connectivity index (χ2v) is 5.90. The number of nitrogens with zero attached hydrogens (tertiary/aromatic N) is 3. The molecule has 0 saturated carbocycles. The van der Waals surface area contributed by atoms with Crippen molar-refractivity contribution in [3.8, 4) is 0 Å². The highest BCUT2D eigenvalue weighted by Crippen LogP contribution is 2.24. The van der Waals surface area contributed by atoms with Crippen LogP contribution in [0.4, 0.5) is 5.69 Å². The molecule has 0 bridgehead atoms. The lowest BCUT2D eigenvalue weighted by Gasteiger charge is -2.12. The molecule has 2 heterocycles. The monoisotopic (exact) mass is 293 g/mol. The van der Waals surface area contributed by atoms with Gasteiger partial charge in [0, 0.05) is 17.6 Å². The number of nitrogens with two attached hydrogens (primary N) is 1. The first-order chi connectivity index (χ1) is 9.42. The van der Waals surface area contributed by atoms with E-state index in [1.807, 2.05) is 27.7 Å². The highest BCUT2D eigenvalue weighted by Gasteiger charge is 2.19. The van der Waals surface area contributed by atoms with Gasteiger partial charge in [0.1, 0.15) is 0 Å². The number of nitrogen functional groups attached to an aromatic ring is 1. The van der Waals surface area contributed by atoms with E-state index < -0.39 is 0 Å². The first-order valence-electron chi connectivity index (χ1n) is 6.50. The Morgan fingerprint density at radius 2 is 2.25 bits per heavy atom. The fraction of sp³-hybridized carbons (Fsp3) is 0.462. The number of carbonyl (C=O) groups excluding carboxylic acids is 1. The Kier molecular flexibility index (Phi) is 4.08. The molecule has 0 aliphatic rings. The summed E-state index contributed by atoms with van der Waals surface area (Å²) in [6, 6.07) is -0.111. The third-order valence-electron chi connectivity index (χ3n) is 3.01. The normalized spacial score (nSPS) is 12.4. The van der Waals surface area contributed by atoms with Crippen molar-refractivity contribution >= 4 is 22.9 Å². The van der Waals surface area contributed by atoms with Crippen LogP contribution in [0.15, 0.2) is 6.20 Å². The summed E-state index contributed by atoms with van der Waals surface area (Å²) in [5, 5.41) is 8.08. The van der Waals surface area contributed by atoms with Crippen molar-refractivity contribution in [2.45, 2.75) is 40.3 Å². The Morgan fingerprint density at radius 1 is 1.55 bits per heavy atom. The number of rotatable bonds is 4. The fourth-order valence-corrected chi connectivity index (χ4v) is 2.98. The molecular weight excluding hydrogens is 274 g/mol. The van der Waals surface area contributed by atoms with Gasteiger partial charge in [-0.15, -0.1) is 11.3 Å². The van der Waals surface area contributed by atoms with E-state index in [0.717, 1.165) is 15.6 Å². The second kappa shape index (κ2) is 5.62. The minimum Gasteiger partial charge on any atom is -0.396 e. The standard InChI is InChI=1S/C13H19N5OS/c1-5-18-6-10(14)11(17-18)13(19)16-8(3)12-7(2)15-9(4)20-12/h6,8H,5,14H2,1-4H3,(H,16,19). The number of hydrogen-bond donors (Lipinski definition) is 2. The molecule has 0 aliphatic carbocycles. The van der Waals surface area contributed by atoms with Crippen LogP contribution < -0.4 is 11.1 Å². The molecule has 0 saturated heterocycles. The predicted octanol–water partition coefficient (Wildman–Crippen LogP) is 2.05. The maximum atomic E-state index is 12.2. The first-order valence-corrected chi connectivity index (χ1v) is 7.31. The molecule has 0 radical (unpaired) electrons. The van der Waals surface area contributed by atoms with Crippen molar-refractivity contribution in [2.24, 2.45) is 0 Å². The predicted molar refractivity (Wildman–Crippen MR) is 79.8 cm³/mol. The van der Waals surface area contributed by atoms with Crippen LogP contribution in [0.5, 0.6) is 0 Å². The van der Waals surface area contributed by atoms with Crippen LogP contribution in [0.3, 0.4) is 0 Å². The molecule has 2 aromatic heterocycles. The molecule has 2 aromatic rings. The van der Waals surface area contributed by atoms with Gasteiger partial charge in [-0.2, -0.15) is 5.10 Å². The second-order valence-electron chi connectivity index (χ2n) is 4.67. The van der Waals surface area contributed by atoms with Crippen molar-refractivity contribution in [1.82, 2.24) is 20.1 Å². The van der Waals surface area contributed by atoms with Crippen LogP contribution in [0, 0.1) is 13.8 Å². The quantitative estimate of drug-likeness (QED) is 0.903. The third kappa shape index (κ3) is 2.82. The van der Waals surface area contributed by atoms with Gasteiger partial charge in [-0.1, -0.05) is 0 Å². The van der Waals surface area contributed by atoms with Gasteiger partial charge in [0.2, 0.25) is 0 Å². The van der Waals surface area contributed by atoms with E-state index in [9.17, 15) is 4.79 Å². The minimum atomic E-state index is -0.257. The number of carbonyl (C=O) groups is 1. The summed E-state index contributed by atoms with van der Waals surface area (Å²) in [6.45, 7) is 8.46.